The van der Waals surface area contributed by atoms with Gasteiger partial charge < -0.3 is 9.64 Å². The SMILES string of the molecule is CCCc1nc([C@@H]2CN(C(=O)C(C)(C)CC)CCO2)n[nH]1. The average molecular weight is 294 g/mol. The number of morpholine rings is 1. The summed E-state index contributed by atoms with van der Waals surface area (Å²) in [5, 5.41) is 7.18. The number of aromatic nitrogens is 3. The molecule has 2 heterocycles. The molecule has 21 heavy (non-hydrogen) atoms. The zero-order valence-corrected chi connectivity index (χ0v) is 13.5. The van der Waals surface area contributed by atoms with E-state index in [0.29, 0.717) is 25.5 Å². The predicted molar refractivity (Wildman–Crippen MR) is 79.7 cm³/mol. The lowest BCUT2D eigenvalue weighted by Crippen LogP contribution is -2.47. The van der Waals surface area contributed by atoms with E-state index >= 15 is 0 Å². The number of hydrogen-bond acceptors (Lipinski definition) is 4. The minimum Gasteiger partial charge on any atom is -0.366 e. The normalized spacial score (nSPS) is 19.8. The van der Waals surface area contributed by atoms with Gasteiger partial charge >= 0.3 is 0 Å². The van der Waals surface area contributed by atoms with Crippen LogP contribution >= 0.6 is 0 Å². The third-order valence-electron chi connectivity index (χ3n) is 4.14. The smallest absolute Gasteiger partial charge is 0.228 e. The van der Waals surface area contributed by atoms with E-state index in [-0.39, 0.29) is 17.4 Å². The molecule has 1 amide bonds. The summed E-state index contributed by atoms with van der Waals surface area (Å²) in [7, 11) is 0. The van der Waals surface area contributed by atoms with Crippen LogP contribution in [0.2, 0.25) is 0 Å². The van der Waals surface area contributed by atoms with Crippen molar-refractivity contribution in [3.63, 3.8) is 0 Å². The summed E-state index contributed by atoms with van der Waals surface area (Å²) in [6, 6.07) is 0. The molecule has 6 heteroatoms. The van der Waals surface area contributed by atoms with Gasteiger partial charge in [-0.3, -0.25) is 9.89 Å². The van der Waals surface area contributed by atoms with Crippen molar-refractivity contribution in [1.82, 2.24) is 20.1 Å². The van der Waals surface area contributed by atoms with Gasteiger partial charge in [0.15, 0.2) is 5.82 Å². The number of nitrogens with zero attached hydrogens (tertiary/aromatic N) is 3. The maximum atomic E-state index is 12.6. The molecule has 0 saturated carbocycles. The summed E-state index contributed by atoms with van der Waals surface area (Å²) in [6.07, 6.45) is 2.51. The zero-order valence-electron chi connectivity index (χ0n) is 13.5. The number of amides is 1. The fourth-order valence-electron chi connectivity index (χ4n) is 2.37. The van der Waals surface area contributed by atoms with Crippen LogP contribution in [0, 0.1) is 5.41 Å². The maximum Gasteiger partial charge on any atom is 0.228 e. The molecule has 0 bridgehead atoms. The van der Waals surface area contributed by atoms with Gasteiger partial charge in [0, 0.05) is 18.4 Å². The van der Waals surface area contributed by atoms with Gasteiger partial charge in [-0.15, -0.1) is 0 Å². The van der Waals surface area contributed by atoms with E-state index in [1.807, 2.05) is 25.7 Å². The molecule has 1 atom stereocenters. The van der Waals surface area contributed by atoms with Crippen molar-refractivity contribution in [3.05, 3.63) is 11.6 Å². The lowest BCUT2D eigenvalue weighted by molar-refractivity contribution is -0.148. The van der Waals surface area contributed by atoms with Crippen molar-refractivity contribution in [1.29, 1.82) is 0 Å². The molecule has 0 spiro atoms. The second kappa shape index (κ2) is 6.56. The molecule has 0 aromatic carbocycles. The van der Waals surface area contributed by atoms with Crippen LogP contribution < -0.4 is 0 Å². The molecule has 0 radical (unpaired) electrons. The molecule has 1 N–H and O–H groups in total. The number of carbonyl (C=O) groups excluding carboxylic acids is 1. The Balaban J connectivity index is 2.04. The summed E-state index contributed by atoms with van der Waals surface area (Å²) >= 11 is 0. The Hall–Kier alpha value is -1.43. The number of ether oxygens (including phenoxy) is 1. The van der Waals surface area contributed by atoms with Gasteiger partial charge in [0.05, 0.1) is 13.2 Å². The van der Waals surface area contributed by atoms with Gasteiger partial charge in [0.25, 0.3) is 0 Å². The topological polar surface area (TPSA) is 71.1 Å². The van der Waals surface area contributed by atoms with Crippen LogP contribution in [0.5, 0.6) is 0 Å². The first kappa shape index (κ1) is 15.9. The van der Waals surface area contributed by atoms with Crippen LogP contribution in [-0.4, -0.2) is 45.7 Å². The Morgan fingerprint density at radius 3 is 2.90 bits per heavy atom. The van der Waals surface area contributed by atoms with E-state index in [4.69, 9.17) is 4.74 Å². The summed E-state index contributed by atoms with van der Waals surface area (Å²) in [5.74, 6) is 1.72. The first-order chi connectivity index (χ1) is 9.97. The fourth-order valence-corrected chi connectivity index (χ4v) is 2.37. The quantitative estimate of drug-likeness (QED) is 0.902. The number of carbonyl (C=O) groups is 1. The number of nitrogens with one attached hydrogen (secondary N) is 1. The average Bonchev–Trinajstić information content (AvgIpc) is 2.95. The molecule has 1 saturated heterocycles. The molecule has 1 aromatic rings. The molecule has 1 aliphatic rings. The van der Waals surface area contributed by atoms with Crippen molar-refractivity contribution in [2.24, 2.45) is 5.41 Å². The van der Waals surface area contributed by atoms with Gasteiger partial charge in [-0.25, -0.2) is 4.98 Å². The Morgan fingerprint density at radius 2 is 2.24 bits per heavy atom. The third-order valence-corrected chi connectivity index (χ3v) is 4.14. The molecule has 1 fully saturated rings. The van der Waals surface area contributed by atoms with Gasteiger partial charge in [0.2, 0.25) is 5.91 Å². The van der Waals surface area contributed by atoms with E-state index in [0.717, 1.165) is 25.1 Å². The van der Waals surface area contributed by atoms with Crippen LogP contribution in [0.1, 0.15) is 58.3 Å². The number of aromatic amines is 1. The van der Waals surface area contributed by atoms with Gasteiger partial charge in [0.1, 0.15) is 11.9 Å². The second-order valence-electron chi connectivity index (χ2n) is 6.24. The molecule has 1 aliphatic heterocycles. The van der Waals surface area contributed by atoms with Gasteiger partial charge in [-0.1, -0.05) is 27.7 Å². The predicted octanol–water partition coefficient (Wildman–Crippen LogP) is 2.09. The Kier molecular flexibility index (Phi) is 4.98. The first-order valence-corrected chi connectivity index (χ1v) is 7.80. The highest BCUT2D eigenvalue weighted by atomic mass is 16.5. The molecular weight excluding hydrogens is 268 g/mol. The van der Waals surface area contributed by atoms with E-state index in [1.165, 1.54) is 0 Å². The van der Waals surface area contributed by atoms with Gasteiger partial charge in [-0.2, -0.15) is 5.10 Å². The Labute approximate surface area is 126 Å². The highest BCUT2D eigenvalue weighted by molar-refractivity contribution is 5.82. The van der Waals surface area contributed by atoms with Crippen molar-refractivity contribution in [2.45, 2.75) is 53.1 Å². The molecule has 1 aromatic heterocycles. The summed E-state index contributed by atoms with van der Waals surface area (Å²) < 4.78 is 5.74. The molecule has 118 valence electrons. The fraction of sp³-hybridized carbons (Fsp3) is 0.800. The highest BCUT2D eigenvalue weighted by Crippen LogP contribution is 2.27. The number of H-pyrrole nitrogens is 1. The number of aryl methyl sites for hydroxylation is 1. The number of rotatable bonds is 5. The minimum atomic E-state index is -0.325. The van der Waals surface area contributed by atoms with Crippen LogP contribution in [0.3, 0.4) is 0 Å². The molecular formula is C15H26N4O2. The van der Waals surface area contributed by atoms with E-state index in [9.17, 15) is 4.79 Å². The van der Waals surface area contributed by atoms with E-state index in [2.05, 4.69) is 22.1 Å². The minimum absolute atomic E-state index is 0.183. The summed E-state index contributed by atoms with van der Waals surface area (Å²) in [4.78, 5) is 18.9. The monoisotopic (exact) mass is 294 g/mol. The maximum absolute atomic E-state index is 12.6. The molecule has 0 aliphatic carbocycles. The van der Waals surface area contributed by atoms with Crippen molar-refractivity contribution in [3.8, 4) is 0 Å². The lowest BCUT2D eigenvalue weighted by atomic mass is 9.88. The summed E-state index contributed by atoms with van der Waals surface area (Å²) in [6.45, 7) is 9.84. The largest absolute Gasteiger partial charge is 0.366 e. The van der Waals surface area contributed by atoms with Crippen LogP contribution in [0.15, 0.2) is 0 Å². The van der Waals surface area contributed by atoms with Crippen LogP contribution in [-0.2, 0) is 16.0 Å². The van der Waals surface area contributed by atoms with E-state index < -0.39 is 0 Å². The second-order valence-corrected chi connectivity index (χ2v) is 6.24. The lowest BCUT2D eigenvalue weighted by Gasteiger charge is -2.36. The van der Waals surface area contributed by atoms with E-state index in [1.54, 1.807) is 0 Å². The zero-order chi connectivity index (χ0) is 15.5. The van der Waals surface area contributed by atoms with Crippen molar-refractivity contribution in [2.75, 3.05) is 19.7 Å². The molecule has 0 unspecified atom stereocenters. The third kappa shape index (κ3) is 3.61. The van der Waals surface area contributed by atoms with Crippen LogP contribution in [0.25, 0.3) is 0 Å². The van der Waals surface area contributed by atoms with Crippen molar-refractivity contribution >= 4 is 5.91 Å². The molecule has 6 nitrogen and oxygen atoms in total. The highest BCUT2D eigenvalue weighted by Gasteiger charge is 2.34. The number of hydrogen-bond donors (Lipinski definition) is 1. The first-order valence-electron chi connectivity index (χ1n) is 7.80. The Bertz CT molecular complexity index is 484. The molecule has 2 rings (SSSR count). The van der Waals surface area contributed by atoms with Crippen LogP contribution in [0.4, 0.5) is 0 Å². The Morgan fingerprint density at radius 1 is 1.48 bits per heavy atom. The van der Waals surface area contributed by atoms with Gasteiger partial charge in [-0.05, 0) is 12.8 Å². The standard InChI is InChI=1S/C15H26N4O2/c1-5-7-12-16-13(18-17-12)11-10-19(8-9-21-11)14(20)15(3,4)6-2/h11H,5-10H2,1-4H3,(H,16,17,18)/t11-/m0/s1. The van der Waals surface area contributed by atoms with Crippen molar-refractivity contribution < 1.29 is 9.53 Å². The summed E-state index contributed by atoms with van der Waals surface area (Å²) in [5.41, 5.74) is -0.325.